The van der Waals surface area contributed by atoms with Crippen LogP contribution < -0.4 is 14.8 Å². The summed E-state index contributed by atoms with van der Waals surface area (Å²) < 4.78 is 38.0. The van der Waals surface area contributed by atoms with Crippen molar-refractivity contribution < 1.29 is 18.3 Å². The van der Waals surface area contributed by atoms with Crippen molar-refractivity contribution in [2.24, 2.45) is 0 Å². The van der Waals surface area contributed by atoms with Gasteiger partial charge in [0.2, 0.25) is 5.95 Å². The van der Waals surface area contributed by atoms with Crippen molar-refractivity contribution in [2.75, 3.05) is 19.5 Å². The lowest BCUT2D eigenvalue weighted by molar-refractivity contribution is 0.355. The summed E-state index contributed by atoms with van der Waals surface area (Å²) in [5.74, 6) is -0.405. The molecule has 0 amide bonds. The quantitative estimate of drug-likeness (QED) is 0.777. The van der Waals surface area contributed by atoms with E-state index in [0.717, 1.165) is 12.1 Å². The summed E-state index contributed by atoms with van der Waals surface area (Å²) in [5, 5.41) is 7.18. The van der Waals surface area contributed by atoms with E-state index in [1.54, 1.807) is 25.3 Å². The smallest absolute Gasteiger partial charge is 0.246 e. The number of rotatable bonds is 5. The Hall–Kier alpha value is -3.16. The van der Waals surface area contributed by atoms with Crippen LogP contribution in [0.3, 0.4) is 0 Å². The third-order valence-electron chi connectivity index (χ3n) is 3.30. The van der Waals surface area contributed by atoms with Crippen molar-refractivity contribution in [2.45, 2.75) is 0 Å². The highest BCUT2D eigenvalue weighted by atomic mass is 19.2. The van der Waals surface area contributed by atoms with Gasteiger partial charge in [-0.05, 0) is 24.3 Å². The van der Waals surface area contributed by atoms with Gasteiger partial charge in [-0.3, -0.25) is 0 Å². The number of halogens is 2. The molecule has 0 fully saturated rings. The molecule has 0 aliphatic heterocycles. The van der Waals surface area contributed by atoms with E-state index >= 15 is 0 Å². The van der Waals surface area contributed by atoms with Crippen LogP contribution in [-0.4, -0.2) is 29.0 Å². The van der Waals surface area contributed by atoms with Gasteiger partial charge in [0.15, 0.2) is 23.1 Å². The topological polar surface area (TPSA) is 61.2 Å². The fourth-order valence-electron chi connectivity index (χ4n) is 2.12. The minimum absolute atomic E-state index is 0.298. The molecule has 0 unspecified atom stereocenters. The molecule has 3 rings (SSSR count). The zero-order chi connectivity index (χ0) is 17.1. The van der Waals surface area contributed by atoms with Crippen molar-refractivity contribution >= 4 is 11.6 Å². The van der Waals surface area contributed by atoms with Gasteiger partial charge in [0.1, 0.15) is 6.33 Å². The van der Waals surface area contributed by atoms with Crippen LogP contribution in [-0.2, 0) is 0 Å². The first-order valence-corrected chi connectivity index (χ1v) is 6.97. The van der Waals surface area contributed by atoms with Gasteiger partial charge in [-0.25, -0.2) is 13.5 Å². The van der Waals surface area contributed by atoms with Gasteiger partial charge < -0.3 is 14.8 Å². The highest BCUT2D eigenvalue weighted by Crippen LogP contribution is 2.30. The number of aromatic nitrogens is 3. The van der Waals surface area contributed by atoms with E-state index < -0.39 is 11.6 Å². The molecular weight excluding hydrogens is 318 g/mol. The molecule has 0 bridgehead atoms. The molecule has 8 heteroatoms. The number of benzene rings is 2. The highest BCUT2D eigenvalue weighted by Gasteiger charge is 2.09. The Morgan fingerprint density at radius 3 is 2.46 bits per heavy atom. The first-order valence-electron chi connectivity index (χ1n) is 6.97. The summed E-state index contributed by atoms with van der Waals surface area (Å²) in [4.78, 5) is 4.09. The lowest BCUT2D eigenvalue weighted by Crippen LogP contribution is -1.99. The molecule has 0 saturated heterocycles. The molecular formula is C16H14F2N4O2. The number of hydrogen-bond donors (Lipinski definition) is 1. The van der Waals surface area contributed by atoms with E-state index in [9.17, 15) is 8.78 Å². The predicted octanol–water partition coefficient (Wildman–Crippen LogP) is 3.31. The molecule has 1 heterocycles. The molecule has 0 aliphatic rings. The normalized spacial score (nSPS) is 10.5. The van der Waals surface area contributed by atoms with Crippen LogP contribution in [0.4, 0.5) is 20.4 Å². The Kier molecular flexibility index (Phi) is 4.28. The number of nitrogens with zero attached hydrogens (tertiary/aromatic N) is 3. The SMILES string of the molecule is COc1ccc(Nc2ncn(-c3ccc(F)c(F)c3)n2)cc1OC. The minimum Gasteiger partial charge on any atom is -0.493 e. The summed E-state index contributed by atoms with van der Waals surface area (Å²) in [5.41, 5.74) is 1.05. The van der Waals surface area contributed by atoms with Gasteiger partial charge in [-0.2, -0.15) is 4.98 Å². The molecule has 0 radical (unpaired) electrons. The Morgan fingerprint density at radius 2 is 1.75 bits per heavy atom. The summed E-state index contributed by atoms with van der Waals surface area (Å²) in [6, 6.07) is 8.75. The number of anilines is 2. The van der Waals surface area contributed by atoms with Gasteiger partial charge in [-0.1, -0.05) is 0 Å². The standard InChI is InChI=1S/C16H14F2N4O2/c1-23-14-6-3-10(7-15(14)24-2)20-16-19-9-22(21-16)11-4-5-12(17)13(18)8-11/h3-9H,1-2H3,(H,20,21). The monoisotopic (exact) mass is 332 g/mol. The van der Waals surface area contributed by atoms with Gasteiger partial charge >= 0.3 is 0 Å². The molecule has 3 aromatic rings. The number of ether oxygens (including phenoxy) is 2. The molecule has 6 nitrogen and oxygen atoms in total. The first kappa shape index (κ1) is 15.7. The van der Waals surface area contributed by atoms with E-state index in [-0.39, 0.29) is 0 Å². The van der Waals surface area contributed by atoms with Crippen LogP contribution >= 0.6 is 0 Å². The lowest BCUT2D eigenvalue weighted by Gasteiger charge is -2.09. The van der Waals surface area contributed by atoms with Crippen molar-refractivity contribution in [3.63, 3.8) is 0 Å². The molecule has 0 saturated carbocycles. The second-order valence-corrected chi connectivity index (χ2v) is 4.81. The average molecular weight is 332 g/mol. The Labute approximate surface area is 136 Å². The fourth-order valence-corrected chi connectivity index (χ4v) is 2.12. The van der Waals surface area contributed by atoms with E-state index in [4.69, 9.17) is 9.47 Å². The summed E-state index contributed by atoms with van der Waals surface area (Å²) in [6.07, 6.45) is 1.40. The van der Waals surface area contributed by atoms with Crippen molar-refractivity contribution in [3.05, 3.63) is 54.4 Å². The molecule has 124 valence electrons. The third kappa shape index (κ3) is 3.12. The second kappa shape index (κ2) is 6.53. The summed E-state index contributed by atoms with van der Waals surface area (Å²) >= 11 is 0. The Balaban J connectivity index is 1.82. The van der Waals surface area contributed by atoms with Gasteiger partial charge in [-0.15, -0.1) is 5.10 Å². The van der Waals surface area contributed by atoms with Gasteiger partial charge in [0.25, 0.3) is 0 Å². The summed E-state index contributed by atoms with van der Waals surface area (Å²) in [7, 11) is 3.09. The molecule has 1 aromatic heterocycles. The zero-order valence-corrected chi connectivity index (χ0v) is 13.0. The minimum atomic E-state index is -0.947. The third-order valence-corrected chi connectivity index (χ3v) is 3.30. The molecule has 24 heavy (non-hydrogen) atoms. The van der Waals surface area contributed by atoms with Crippen molar-refractivity contribution in [1.29, 1.82) is 0 Å². The van der Waals surface area contributed by atoms with Crippen LogP contribution in [0.5, 0.6) is 11.5 Å². The number of hydrogen-bond acceptors (Lipinski definition) is 5. The van der Waals surface area contributed by atoms with E-state index in [1.165, 1.54) is 24.2 Å². The van der Waals surface area contributed by atoms with Crippen LogP contribution in [0.15, 0.2) is 42.7 Å². The number of nitrogens with one attached hydrogen (secondary N) is 1. The highest BCUT2D eigenvalue weighted by molar-refractivity contribution is 5.59. The molecule has 2 aromatic carbocycles. The van der Waals surface area contributed by atoms with E-state index in [0.29, 0.717) is 28.8 Å². The van der Waals surface area contributed by atoms with Crippen LogP contribution in [0.2, 0.25) is 0 Å². The largest absolute Gasteiger partial charge is 0.493 e. The van der Waals surface area contributed by atoms with E-state index in [1.807, 2.05) is 0 Å². The zero-order valence-electron chi connectivity index (χ0n) is 13.0. The molecule has 1 N–H and O–H groups in total. The van der Waals surface area contributed by atoms with Gasteiger partial charge in [0, 0.05) is 17.8 Å². The molecule has 0 aliphatic carbocycles. The fraction of sp³-hybridized carbons (Fsp3) is 0.125. The maximum Gasteiger partial charge on any atom is 0.246 e. The maximum absolute atomic E-state index is 13.3. The summed E-state index contributed by atoms with van der Waals surface area (Å²) in [6.45, 7) is 0. The van der Waals surface area contributed by atoms with Crippen molar-refractivity contribution in [1.82, 2.24) is 14.8 Å². The number of methoxy groups -OCH3 is 2. The second-order valence-electron chi connectivity index (χ2n) is 4.81. The lowest BCUT2D eigenvalue weighted by atomic mass is 10.3. The van der Waals surface area contributed by atoms with Crippen LogP contribution in [0, 0.1) is 11.6 Å². The predicted molar refractivity (Wildman–Crippen MR) is 84.1 cm³/mol. The van der Waals surface area contributed by atoms with Crippen molar-refractivity contribution in [3.8, 4) is 17.2 Å². The maximum atomic E-state index is 13.3. The van der Waals surface area contributed by atoms with Crippen LogP contribution in [0.25, 0.3) is 5.69 Å². The molecule has 0 spiro atoms. The first-order chi connectivity index (χ1) is 11.6. The van der Waals surface area contributed by atoms with Crippen LogP contribution in [0.1, 0.15) is 0 Å². The van der Waals surface area contributed by atoms with E-state index in [2.05, 4.69) is 15.4 Å². The average Bonchev–Trinajstić information content (AvgIpc) is 3.05. The Morgan fingerprint density at radius 1 is 0.958 bits per heavy atom. The van der Waals surface area contributed by atoms with Gasteiger partial charge in [0.05, 0.1) is 19.9 Å². The Bertz CT molecular complexity index is 867. The molecule has 0 atom stereocenters.